The van der Waals surface area contributed by atoms with Crippen molar-refractivity contribution in [2.45, 2.75) is 38.6 Å². The van der Waals surface area contributed by atoms with Crippen LogP contribution in [0.1, 0.15) is 38.9 Å². The number of hydrogen-bond acceptors (Lipinski definition) is 8. The van der Waals surface area contributed by atoms with Crippen molar-refractivity contribution in [3.8, 4) is 5.75 Å². The van der Waals surface area contributed by atoms with Crippen LogP contribution >= 0.6 is 0 Å². The Hall–Kier alpha value is -3.40. The van der Waals surface area contributed by atoms with Crippen molar-refractivity contribution in [3.05, 3.63) is 36.4 Å². The molecule has 10 nitrogen and oxygen atoms in total. The number of aliphatic hydroxyl groups excluding tert-OH is 1. The Bertz CT molecular complexity index is 1310. The molecule has 33 heavy (non-hydrogen) atoms. The molecule has 5 rings (SSSR count). The van der Waals surface area contributed by atoms with Gasteiger partial charge in [0.1, 0.15) is 5.75 Å². The van der Waals surface area contributed by atoms with E-state index >= 15 is 0 Å². The maximum absolute atomic E-state index is 9.68. The van der Waals surface area contributed by atoms with Gasteiger partial charge in [-0.3, -0.25) is 4.68 Å². The predicted molar refractivity (Wildman–Crippen MR) is 127 cm³/mol. The van der Waals surface area contributed by atoms with Crippen molar-refractivity contribution in [3.63, 3.8) is 0 Å². The summed E-state index contributed by atoms with van der Waals surface area (Å²) in [5.74, 6) is 2.40. The Balaban J connectivity index is 1.49. The molecule has 0 saturated carbocycles. The van der Waals surface area contributed by atoms with Crippen molar-refractivity contribution >= 4 is 28.2 Å². The van der Waals surface area contributed by atoms with Gasteiger partial charge in [0, 0.05) is 36.7 Å². The largest absolute Gasteiger partial charge is 0.497 e. The number of nitrogen functional groups attached to an aromatic ring is 1. The molecule has 1 saturated heterocycles. The molecule has 3 aromatic heterocycles. The lowest BCUT2D eigenvalue weighted by atomic mass is 9.89. The second kappa shape index (κ2) is 7.87. The average Bonchev–Trinajstić information content (AvgIpc) is 3.47. The van der Waals surface area contributed by atoms with E-state index in [1.165, 1.54) is 0 Å². The number of rotatable bonds is 5. The second-order valence-electron chi connectivity index (χ2n) is 9.61. The molecule has 0 radical (unpaired) electrons. The molecule has 0 spiro atoms. The van der Waals surface area contributed by atoms with Crippen LogP contribution in [0.4, 0.5) is 11.6 Å². The monoisotopic (exact) mass is 450 g/mol. The summed E-state index contributed by atoms with van der Waals surface area (Å²) >= 11 is 0. The summed E-state index contributed by atoms with van der Waals surface area (Å²) in [6.45, 7) is 7.91. The third kappa shape index (κ3) is 3.74. The first kappa shape index (κ1) is 21.4. The highest BCUT2D eigenvalue weighted by atomic mass is 16.5. The predicted octanol–water partition coefficient (Wildman–Crippen LogP) is 2.42. The first-order chi connectivity index (χ1) is 15.8. The number of nitrogens with two attached hydrogens (primary N) is 1. The SMILES string of the molecule is COc1ccc2c(c1)nc(N)n1nc([C@H]3C[C@H](C)CN(c4cnn(C(C)(C)CO)c4)C3)nc21. The Labute approximate surface area is 192 Å². The fourth-order valence-corrected chi connectivity index (χ4v) is 4.56. The summed E-state index contributed by atoms with van der Waals surface area (Å²) in [5.41, 5.74) is 8.25. The molecule has 0 aliphatic carbocycles. The number of ether oxygens (including phenoxy) is 1. The van der Waals surface area contributed by atoms with E-state index in [1.54, 1.807) is 11.6 Å². The van der Waals surface area contributed by atoms with Crippen LogP contribution < -0.4 is 15.4 Å². The maximum atomic E-state index is 9.68. The highest BCUT2D eigenvalue weighted by Crippen LogP contribution is 2.33. The fourth-order valence-electron chi connectivity index (χ4n) is 4.56. The van der Waals surface area contributed by atoms with Gasteiger partial charge < -0.3 is 20.5 Å². The van der Waals surface area contributed by atoms with Crippen molar-refractivity contribution in [1.29, 1.82) is 0 Å². The molecule has 2 atom stereocenters. The number of fused-ring (bicyclic) bond motifs is 3. The van der Waals surface area contributed by atoms with Gasteiger partial charge in [-0.15, -0.1) is 5.10 Å². The lowest BCUT2D eigenvalue weighted by Gasteiger charge is -2.36. The van der Waals surface area contributed by atoms with Gasteiger partial charge in [0.25, 0.3) is 0 Å². The van der Waals surface area contributed by atoms with Crippen LogP contribution in [0.5, 0.6) is 5.75 Å². The van der Waals surface area contributed by atoms with E-state index in [0.717, 1.165) is 47.7 Å². The Kier molecular flexibility index (Phi) is 5.12. The zero-order valence-electron chi connectivity index (χ0n) is 19.4. The van der Waals surface area contributed by atoms with Crippen LogP contribution in [0.25, 0.3) is 16.6 Å². The molecule has 4 aromatic rings. The first-order valence-corrected chi connectivity index (χ1v) is 11.2. The molecule has 1 aliphatic rings. The third-order valence-electron chi connectivity index (χ3n) is 6.49. The highest BCUT2D eigenvalue weighted by Gasteiger charge is 2.31. The Morgan fingerprint density at radius 1 is 1.24 bits per heavy atom. The van der Waals surface area contributed by atoms with Gasteiger partial charge in [0.05, 0.1) is 36.7 Å². The van der Waals surface area contributed by atoms with E-state index in [4.69, 9.17) is 20.6 Å². The van der Waals surface area contributed by atoms with E-state index in [0.29, 0.717) is 17.5 Å². The molecule has 0 bridgehead atoms. The molecule has 0 unspecified atom stereocenters. The van der Waals surface area contributed by atoms with Gasteiger partial charge in [0.2, 0.25) is 5.95 Å². The molecule has 3 N–H and O–H groups in total. The number of methoxy groups -OCH3 is 1. The number of anilines is 2. The molecule has 4 heterocycles. The molecular weight excluding hydrogens is 420 g/mol. The average molecular weight is 451 g/mol. The number of aliphatic hydroxyl groups is 1. The zero-order valence-corrected chi connectivity index (χ0v) is 19.4. The van der Waals surface area contributed by atoms with E-state index in [2.05, 4.69) is 21.9 Å². The Morgan fingerprint density at radius 2 is 2.06 bits per heavy atom. The number of aromatic nitrogens is 6. The number of benzene rings is 1. The van der Waals surface area contributed by atoms with Gasteiger partial charge in [-0.1, -0.05) is 6.92 Å². The van der Waals surface area contributed by atoms with Crippen LogP contribution in [0.3, 0.4) is 0 Å². The topological polar surface area (TPSA) is 120 Å². The van der Waals surface area contributed by atoms with Crippen LogP contribution in [-0.4, -0.2) is 61.3 Å². The van der Waals surface area contributed by atoms with E-state index < -0.39 is 5.54 Å². The second-order valence-corrected chi connectivity index (χ2v) is 9.61. The minimum absolute atomic E-state index is 0.0214. The van der Waals surface area contributed by atoms with Crippen LogP contribution in [-0.2, 0) is 5.54 Å². The van der Waals surface area contributed by atoms with Gasteiger partial charge in [-0.2, -0.15) is 9.61 Å². The van der Waals surface area contributed by atoms with Crippen LogP contribution in [0, 0.1) is 5.92 Å². The van der Waals surface area contributed by atoms with E-state index in [1.807, 2.05) is 49.1 Å². The van der Waals surface area contributed by atoms with E-state index in [-0.39, 0.29) is 12.5 Å². The van der Waals surface area contributed by atoms with Crippen LogP contribution in [0.2, 0.25) is 0 Å². The quantitative estimate of drug-likeness (QED) is 0.476. The standard InChI is InChI=1S/C23H30N8O2/c1-14-7-15(11-29(10-14)16-9-25-30(12-16)23(2,3)13-32)20-27-21-18-6-5-17(33-4)8-19(18)26-22(24)31(21)28-20/h5-6,8-9,12,14-15,32H,7,10-11,13H2,1-4H3,(H2,24,26)/t14-,15-/m0/s1. The minimum atomic E-state index is -0.448. The fraction of sp³-hybridized carbons (Fsp3) is 0.478. The lowest BCUT2D eigenvalue weighted by molar-refractivity contribution is 0.152. The van der Waals surface area contributed by atoms with Crippen molar-refractivity contribution in [1.82, 2.24) is 29.4 Å². The van der Waals surface area contributed by atoms with Gasteiger partial charge in [0.15, 0.2) is 11.5 Å². The van der Waals surface area contributed by atoms with Crippen molar-refractivity contribution < 1.29 is 9.84 Å². The summed E-state index contributed by atoms with van der Waals surface area (Å²) in [5, 5.41) is 19.8. The molecule has 10 heteroatoms. The van der Waals surface area contributed by atoms with Gasteiger partial charge in [-0.25, -0.2) is 9.97 Å². The summed E-state index contributed by atoms with van der Waals surface area (Å²) in [6, 6.07) is 5.70. The number of nitrogens with zero attached hydrogens (tertiary/aromatic N) is 7. The smallest absolute Gasteiger partial charge is 0.223 e. The third-order valence-corrected chi connectivity index (χ3v) is 6.49. The van der Waals surface area contributed by atoms with E-state index in [9.17, 15) is 5.11 Å². The summed E-state index contributed by atoms with van der Waals surface area (Å²) in [4.78, 5) is 11.7. The van der Waals surface area contributed by atoms with Crippen molar-refractivity contribution in [2.75, 3.05) is 37.4 Å². The molecule has 0 amide bonds. The summed E-state index contributed by atoms with van der Waals surface area (Å²) in [7, 11) is 1.63. The lowest BCUT2D eigenvalue weighted by Crippen LogP contribution is -2.39. The zero-order chi connectivity index (χ0) is 23.3. The highest BCUT2D eigenvalue weighted by molar-refractivity contribution is 5.93. The normalized spacial score (nSPS) is 19.5. The molecule has 1 fully saturated rings. The number of hydrogen-bond donors (Lipinski definition) is 2. The van der Waals surface area contributed by atoms with Crippen LogP contribution in [0.15, 0.2) is 30.6 Å². The Morgan fingerprint density at radius 3 is 2.82 bits per heavy atom. The molecular formula is C23H30N8O2. The summed E-state index contributed by atoms with van der Waals surface area (Å²) < 4.78 is 8.78. The molecule has 1 aromatic carbocycles. The molecule has 174 valence electrons. The van der Waals surface area contributed by atoms with Crippen molar-refractivity contribution in [2.24, 2.45) is 5.92 Å². The van der Waals surface area contributed by atoms with Gasteiger partial charge in [-0.05, 0) is 38.3 Å². The maximum Gasteiger partial charge on any atom is 0.223 e. The first-order valence-electron chi connectivity index (χ1n) is 11.2. The number of piperidine rings is 1. The van der Waals surface area contributed by atoms with Gasteiger partial charge >= 0.3 is 0 Å². The minimum Gasteiger partial charge on any atom is -0.497 e. The summed E-state index contributed by atoms with van der Waals surface area (Å²) in [6.07, 6.45) is 4.86. The molecule has 1 aliphatic heterocycles.